The number of benzene rings is 1. The second-order valence-electron chi connectivity index (χ2n) is 6.61. The van der Waals surface area contributed by atoms with E-state index in [0.717, 1.165) is 50.3 Å². The highest BCUT2D eigenvalue weighted by molar-refractivity contribution is 14.0. The van der Waals surface area contributed by atoms with Crippen LogP contribution in [0.15, 0.2) is 29.4 Å². The number of aromatic nitrogens is 1. The minimum absolute atomic E-state index is 0. The van der Waals surface area contributed by atoms with Crippen LogP contribution < -0.4 is 10.6 Å². The van der Waals surface area contributed by atoms with E-state index >= 15 is 0 Å². The van der Waals surface area contributed by atoms with Crippen LogP contribution in [0.2, 0.25) is 5.02 Å². The molecule has 1 saturated heterocycles. The number of nitrogens with zero attached hydrogens (tertiary/aromatic N) is 2. The van der Waals surface area contributed by atoms with Crippen molar-refractivity contribution >= 4 is 52.4 Å². The third-order valence-corrected chi connectivity index (χ3v) is 4.98. The van der Waals surface area contributed by atoms with Crippen molar-refractivity contribution < 1.29 is 4.74 Å². The first-order valence-electron chi connectivity index (χ1n) is 7.99. The third kappa shape index (κ3) is 3.36. The fourth-order valence-electron chi connectivity index (χ4n) is 3.29. The summed E-state index contributed by atoms with van der Waals surface area (Å²) in [5.41, 5.74) is 2.75. The zero-order valence-electron chi connectivity index (χ0n) is 13.6. The van der Waals surface area contributed by atoms with Crippen molar-refractivity contribution in [2.75, 3.05) is 32.8 Å². The number of aliphatic imine (C=N–C) groups is 1. The monoisotopic (exact) mass is 460 g/mol. The van der Waals surface area contributed by atoms with Crippen molar-refractivity contribution in [3.63, 3.8) is 0 Å². The fourth-order valence-corrected chi connectivity index (χ4v) is 3.45. The first-order valence-corrected chi connectivity index (χ1v) is 8.36. The molecule has 1 spiro atoms. The number of aryl methyl sites for hydroxylation is 1. The quantitative estimate of drug-likeness (QED) is 0.692. The van der Waals surface area contributed by atoms with Gasteiger partial charge in [-0.05, 0) is 24.1 Å². The number of guanidine groups is 1. The molecule has 0 radical (unpaired) electrons. The SMILES string of the molecule is Cn1cc(CCNC2=NCC3(CN2)COC3)c2ccc(Cl)cc21.I. The van der Waals surface area contributed by atoms with Gasteiger partial charge in [0.15, 0.2) is 5.96 Å². The lowest BCUT2D eigenvalue weighted by Crippen LogP contribution is -2.58. The number of hydrogen-bond donors (Lipinski definition) is 2. The van der Waals surface area contributed by atoms with Crippen LogP contribution in [0.3, 0.4) is 0 Å². The zero-order chi connectivity index (χ0) is 15.9. The van der Waals surface area contributed by atoms with Gasteiger partial charge in [-0.1, -0.05) is 17.7 Å². The highest BCUT2D eigenvalue weighted by atomic mass is 127. The summed E-state index contributed by atoms with van der Waals surface area (Å²) < 4.78 is 7.43. The summed E-state index contributed by atoms with van der Waals surface area (Å²) in [6, 6.07) is 6.07. The summed E-state index contributed by atoms with van der Waals surface area (Å²) in [5.74, 6) is 0.908. The van der Waals surface area contributed by atoms with Crippen molar-refractivity contribution in [1.29, 1.82) is 0 Å². The van der Waals surface area contributed by atoms with E-state index in [4.69, 9.17) is 16.3 Å². The van der Waals surface area contributed by atoms with Gasteiger partial charge in [-0.25, -0.2) is 0 Å². The fraction of sp³-hybridized carbons (Fsp3) is 0.471. The molecule has 2 aliphatic rings. The standard InChI is InChI=1S/C17H21ClN4O.HI/c1-22-7-12(14-3-2-13(18)6-15(14)22)4-5-19-16-20-8-17(9-21-16)10-23-11-17;/h2-3,6-7H,4-5,8-11H2,1H3,(H2,19,20,21);1H. The van der Waals surface area contributed by atoms with Crippen LogP contribution in [0, 0.1) is 5.41 Å². The molecular weight excluding hydrogens is 439 g/mol. The van der Waals surface area contributed by atoms with Gasteiger partial charge in [0, 0.05) is 42.3 Å². The van der Waals surface area contributed by atoms with Gasteiger partial charge in [0.1, 0.15) is 0 Å². The number of ether oxygens (including phenoxy) is 1. The van der Waals surface area contributed by atoms with E-state index in [1.165, 1.54) is 16.5 Å². The van der Waals surface area contributed by atoms with Crippen LogP contribution in [0.1, 0.15) is 5.56 Å². The Morgan fingerprint density at radius 2 is 2.25 bits per heavy atom. The molecule has 1 aromatic heterocycles. The Hall–Kier alpha value is -0.990. The molecule has 1 aromatic carbocycles. The lowest BCUT2D eigenvalue weighted by Gasteiger charge is -2.42. The summed E-state index contributed by atoms with van der Waals surface area (Å²) in [4.78, 5) is 4.61. The van der Waals surface area contributed by atoms with E-state index in [1.54, 1.807) is 0 Å². The van der Waals surface area contributed by atoms with E-state index in [2.05, 4.69) is 39.5 Å². The molecular formula is C17H22ClIN4O. The van der Waals surface area contributed by atoms with Gasteiger partial charge in [0.2, 0.25) is 0 Å². The number of rotatable bonds is 3. The van der Waals surface area contributed by atoms with E-state index in [0.29, 0.717) is 0 Å². The molecule has 2 aromatic rings. The normalized spacial score (nSPS) is 18.5. The Balaban J connectivity index is 0.00000169. The summed E-state index contributed by atoms with van der Waals surface area (Å²) in [5, 5.41) is 8.83. The molecule has 0 bridgehead atoms. The topological polar surface area (TPSA) is 50.6 Å². The third-order valence-electron chi connectivity index (χ3n) is 4.74. The number of nitrogens with one attached hydrogen (secondary N) is 2. The van der Waals surface area contributed by atoms with E-state index < -0.39 is 0 Å². The molecule has 2 N–H and O–H groups in total. The predicted molar refractivity (Wildman–Crippen MR) is 109 cm³/mol. The lowest BCUT2D eigenvalue weighted by atomic mass is 9.85. The van der Waals surface area contributed by atoms with Crippen molar-refractivity contribution in [3.8, 4) is 0 Å². The second-order valence-corrected chi connectivity index (χ2v) is 7.05. The summed E-state index contributed by atoms with van der Waals surface area (Å²) >= 11 is 6.09. The maximum absolute atomic E-state index is 6.09. The maximum Gasteiger partial charge on any atom is 0.191 e. The van der Waals surface area contributed by atoms with Gasteiger partial charge < -0.3 is 19.9 Å². The van der Waals surface area contributed by atoms with Crippen LogP contribution in [0.4, 0.5) is 0 Å². The molecule has 5 nitrogen and oxygen atoms in total. The Labute approximate surface area is 163 Å². The maximum atomic E-state index is 6.09. The minimum Gasteiger partial charge on any atom is -0.380 e. The Morgan fingerprint density at radius 3 is 2.92 bits per heavy atom. The first kappa shape index (κ1) is 17.8. The van der Waals surface area contributed by atoms with Gasteiger partial charge in [-0.15, -0.1) is 24.0 Å². The molecule has 0 saturated carbocycles. The first-order chi connectivity index (χ1) is 11.2. The van der Waals surface area contributed by atoms with Gasteiger partial charge in [-0.3, -0.25) is 4.99 Å². The molecule has 2 aliphatic heterocycles. The Bertz CT molecular complexity index is 769. The van der Waals surface area contributed by atoms with Gasteiger partial charge in [-0.2, -0.15) is 0 Å². The molecule has 3 heterocycles. The summed E-state index contributed by atoms with van der Waals surface area (Å²) in [6.45, 7) is 4.32. The smallest absolute Gasteiger partial charge is 0.191 e. The zero-order valence-corrected chi connectivity index (χ0v) is 16.7. The molecule has 0 unspecified atom stereocenters. The van der Waals surface area contributed by atoms with Gasteiger partial charge in [0.05, 0.1) is 25.2 Å². The second kappa shape index (κ2) is 7.09. The summed E-state index contributed by atoms with van der Waals surface area (Å²) in [6.07, 6.45) is 3.13. The number of hydrogen-bond acceptors (Lipinski definition) is 4. The van der Waals surface area contributed by atoms with E-state index in [9.17, 15) is 0 Å². The van der Waals surface area contributed by atoms with Crippen molar-refractivity contribution in [2.45, 2.75) is 6.42 Å². The minimum atomic E-state index is 0. The van der Waals surface area contributed by atoms with Crippen molar-refractivity contribution in [2.24, 2.45) is 17.5 Å². The average Bonchev–Trinajstić information content (AvgIpc) is 2.82. The van der Waals surface area contributed by atoms with Crippen LogP contribution in [-0.4, -0.2) is 43.4 Å². The largest absolute Gasteiger partial charge is 0.380 e. The van der Waals surface area contributed by atoms with Crippen LogP contribution in [0.25, 0.3) is 10.9 Å². The molecule has 4 rings (SSSR count). The summed E-state index contributed by atoms with van der Waals surface area (Å²) in [7, 11) is 2.06. The Kier molecular flexibility index (Phi) is 5.27. The average molecular weight is 461 g/mol. The molecule has 130 valence electrons. The van der Waals surface area contributed by atoms with Crippen LogP contribution >= 0.6 is 35.6 Å². The predicted octanol–water partition coefficient (Wildman–Crippen LogP) is 2.56. The van der Waals surface area contributed by atoms with Gasteiger partial charge in [0.25, 0.3) is 0 Å². The van der Waals surface area contributed by atoms with Gasteiger partial charge >= 0.3 is 0 Å². The van der Waals surface area contributed by atoms with Crippen molar-refractivity contribution in [3.05, 3.63) is 35.0 Å². The molecule has 7 heteroatoms. The number of halogens is 2. The highest BCUT2D eigenvalue weighted by Crippen LogP contribution is 2.28. The molecule has 24 heavy (non-hydrogen) atoms. The van der Waals surface area contributed by atoms with Crippen molar-refractivity contribution in [1.82, 2.24) is 15.2 Å². The highest BCUT2D eigenvalue weighted by Gasteiger charge is 2.40. The van der Waals surface area contributed by atoms with Crippen LogP contribution in [-0.2, 0) is 18.2 Å². The van der Waals surface area contributed by atoms with E-state index in [1.807, 2.05) is 12.1 Å². The molecule has 0 amide bonds. The Morgan fingerprint density at radius 1 is 1.42 bits per heavy atom. The van der Waals surface area contributed by atoms with E-state index in [-0.39, 0.29) is 29.4 Å². The lowest BCUT2D eigenvalue weighted by molar-refractivity contribution is -0.104. The molecule has 1 fully saturated rings. The molecule has 0 aliphatic carbocycles. The number of fused-ring (bicyclic) bond motifs is 1. The van der Waals surface area contributed by atoms with Crippen LogP contribution in [0.5, 0.6) is 0 Å². The molecule has 0 atom stereocenters.